The van der Waals surface area contributed by atoms with Crippen molar-refractivity contribution in [2.75, 3.05) is 32.7 Å². The van der Waals surface area contributed by atoms with E-state index in [4.69, 9.17) is 0 Å². The van der Waals surface area contributed by atoms with Gasteiger partial charge in [0.05, 0.1) is 19.5 Å². The van der Waals surface area contributed by atoms with Crippen LogP contribution in [0.15, 0.2) is 58.3 Å². The van der Waals surface area contributed by atoms with Crippen LogP contribution in [0.25, 0.3) is 0 Å². The van der Waals surface area contributed by atoms with E-state index in [2.05, 4.69) is 9.89 Å². The number of hydrogen-bond acceptors (Lipinski definition) is 5. The van der Waals surface area contributed by atoms with Crippen LogP contribution in [0, 0.1) is 5.92 Å². The van der Waals surface area contributed by atoms with Crippen LogP contribution in [0.5, 0.6) is 0 Å². The van der Waals surface area contributed by atoms with Crippen molar-refractivity contribution in [3.63, 3.8) is 0 Å². The van der Waals surface area contributed by atoms with E-state index in [1.54, 1.807) is 11.0 Å². The van der Waals surface area contributed by atoms with E-state index in [0.29, 0.717) is 31.4 Å². The Bertz CT molecular complexity index is 1090. The van der Waals surface area contributed by atoms with Crippen molar-refractivity contribution < 1.29 is 9.59 Å². The number of hydrogen-bond donors (Lipinski definition) is 0. The summed E-state index contributed by atoms with van der Waals surface area (Å²) in [6.45, 7) is 3.62. The fourth-order valence-corrected chi connectivity index (χ4v) is 5.22. The van der Waals surface area contributed by atoms with Gasteiger partial charge >= 0.3 is 0 Å². The van der Waals surface area contributed by atoms with Crippen LogP contribution in [-0.2, 0) is 16.1 Å². The first-order valence-electron chi connectivity index (χ1n) is 10.9. The number of aromatic nitrogens is 1. The number of amidine groups is 1. The van der Waals surface area contributed by atoms with Crippen molar-refractivity contribution in [3.05, 3.63) is 70.1 Å². The van der Waals surface area contributed by atoms with Gasteiger partial charge in [0.25, 0.3) is 5.56 Å². The van der Waals surface area contributed by atoms with Crippen LogP contribution in [0.4, 0.5) is 0 Å². The second kappa shape index (κ2) is 8.23. The number of ketones is 1. The minimum absolute atomic E-state index is 0.0591. The summed E-state index contributed by atoms with van der Waals surface area (Å²) in [7, 11) is 0. The Kier molecular flexibility index (Phi) is 5.28. The lowest BCUT2D eigenvalue weighted by molar-refractivity contribution is -0.132. The Hall–Kier alpha value is -3.06. The SMILES string of the molecule is O=C(CC(=O)N1CCN=C1c1ccccc1)CN1C[C@@H]2C[C@H](C1)c1cccc(=O)n1C2. The van der Waals surface area contributed by atoms with Crippen molar-refractivity contribution in [1.82, 2.24) is 14.4 Å². The predicted octanol–water partition coefficient (Wildman–Crippen LogP) is 1.52. The Morgan fingerprint density at radius 1 is 1.00 bits per heavy atom. The number of benzene rings is 1. The maximum absolute atomic E-state index is 12.8. The third kappa shape index (κ3) is 3.97. The number of likely N-dealkylation sites (tertiary alicyclic amines) is 1. The summed E-state index contributed by atoms with van der Waals surface area (Å²) < 4.78 is 1.89. The average molecular weight is 418 g/mol. The second-order valence-electron chi connectivity index (χ2n) is 8.72. The zero-order valence-electron chi connectivity index (χ0n) is 17.4. The highest BCUT2D eigenvalue weighted by molar-refractivity contribution is 6.12. The first-order chi connectivity index (χ1) is 15.1. The summed E-state index contributed by atoms with van der Waals surface area (Å²) in [5, 5.41) is 0. The molecule has 1 aromatic heterocycles. The molecule has 0 saturated carbocycles. The van der Waals surface area contributed by atoms with E-state index < -0.39 is 0 Å². The highest BCUT2D eigenvalue weighted by atomic mass is 16.2. The smallest absolute Gasteiger partial charge is 0.250 e. The molecule has 4 heterocycles. The van der Waals surface area contributed by atoms with E-state index in [1.807, 2.05) is 47.0 Å². The molecule has 0 unspecified atom stereocenters. The van der Waals surface area contributed by atoms with Gasteiger partial charge in [-0.3, -0.25) is 29.2 Å². The van der Waals surface area contributed by atoms with Crippen LogP contribution in [0.3, 0.4) is 0 Å². The Morgan fingerprint density at radius 3 is 2.68 bits per heavy atom. The summed E-state index contributed by atoms with van der Waals surface area (Å²) in [6.07, 6.45) is 0.950. The Balaban J connectivity index is 1.21. The molecule has 7 heteroatoms. The van der Waals surface area contributed by atoms with Gasteiger partial charge in [-0.15, -0.1) is 0 Å². The number of amides is 1. The van der Waals surface area contributed by atoms with E-state index in [0.717, 1.165) is 30.8 Å². The molecule has 31 heavy (non-hydrogen) atoms. The fraction of sp³-hybridized carbons (Fsp3) is 0.417. The van der Waals surface area contributed by atoms with E-state index in [1.165, 1.54) is 0 Å². The minimum Gasteiger partial charge on any atom is -0.312 e. The number of carbonyl (C=O) groups is 2. The monoisotopic (exact) mass is 418 g/mol. The van der Waals surface area contributed by atoms with Gasteiger partial charge in [-0.05, 0) is 18.4 Å². The lowest BCUT2D eigenvalue weighted by Gasteiger charge is -2.42. The number of fused-ring (bicyclic) bond motifs is 4. The van der Waals surface area contributed by atoms with E-state index in [-0.39, 0.29) is 36.1 Å². The number of nitrogens with zero attached hydrogens (tertiary/aromatic N) is 4. The van der Waals surface area contributed by atoms with Crippen molar-refractivity contribution in [3.8, 4) is 0 Å². The molecule has 0 radical (unpaired) electrons. The summed E-state index contributed by atoms with van der Waals surface area (Å²) in [5.41, 5.74) is 2.03. The highest BCUT2D eigenvalue weighted by Crippen LogP contribution is 2.34. The molecule has 2 atom stereocenters. The third-order valence-corrected chi connectivity index (χ3v) is 6.48. The number of pyridine rings is 1. The highest BCUT2D eigenvalue weighted by Gasteiger charge is 2.35. The molecule has 2 aromatic rings. The van der Waals surface area contributed by atoms with Gasteiger partial charge in [-0.25, -0.2) is 0 Å². The van der Waals surface area contributed by atoms with Gasteiger partial charge in [-0.1, -0.05) is 36.4 Å². The van der Waals surface area contributed by atoms with Crippen LogP contribution >= 0.6 is 0 Å². The lowest BCUT2D eigenvalue weighted by atomic mass is 9.83. The number of carbonyl (C=O) groups excluding carboxylic acids is 2. The Labute approximate surface area is 181 Å². The van der Waals surface area contributed by atoms with Crippen LogP contribution in [-0.4, -0.2) is 64.6 Å². The minimum atomic E-state index is -0.181. The van der Waals surface area contributed by atoms with Gasteiger partial charge < -0.3 is 4.57 Å². The average Bonchev–Trinajstić information content (AvgIpc) is 3.25. The molecular formula is C24H26N4O3. The second-order valence-corrected chi connectivity index (χ2v) is 8.72. The molecule has 1 amide bonds. The summed E-state index contributed by atoms with van der Waals surface area (Å²) >= 11 is 0. The molecule has 160 valence electrons. The van der Waals surface area contributed by atoms with Crippen LogP contribution in [0.2, 0.25) is 0 Å². The topological polar surface area (TPSA) is 75.0 Å². The third-order valence-electron chi connectivity index (χ3n) is 6.48. The van der Waals surface area contributed by atoms with E-state index >= 15 is 0 Å². The van der Waals surface area contributed by atoms with Gasteiger partial charge in [0, 0.05) is 49.4 Å². The maximum Gasteiger partial charge on any atom is 0.250 e. The van der Waals surface area contributed by atoms with Crippen molar-refractivity contribution in [2.45, 2.75) is 25.3 Å². The molecule has 0 spiro atoms. The molecule has 3 aliphatic heterocycles. The van der Waals surface area contributed by atoms with Crippen molar-refractivity contribution >= 4 is 17.5 Å². The predicted molar refractivity (Wildman–Crippen MR) is 117 cm³/mol. The first kappa shape index (κ1) is 19.9. The fourth-order valence-electron chi connectivity index (χ4n) is 5.22. The zero-order chi connectivity index (χ0) is 21.4. The van der Waals surface area contributed by atoms with Gasteiger partial charge in [0.15, 0.2) is 5.78 Å². The number of piperidine rings is 1. The molecule has 0 N–H and O–H groups in total. The Morgan fingerprint density at radius 2 is 1.84 bits per heavy atom. The molecule has 5 rings (SSSR count). The largest absolute Gasteiger partial charge is 0.312 e. The van der Waals surface area contributed by atoms with Gasteiger partial charge in [0.1, 0.15) is 5.84 Å². The molecule has 0 aliphatic carbocycles. The molecule has 1 fully saturated rings. The molecule has 2 bridgehead atoms. The summed E-state index contributed by atoms with van der Waals surface area (Å²) in [5.74, 6) is 1.05. The number of rotatable bonds is 5. The normalized spacial score (nSPS) is 22.7. The van der Waals surface area contributed by atoms with Gasteiger partial charge in [-0.2, -0.15) is 0 Å². The number of aliphatic imine (C=N–C) groups is 1. The number of Topliss-reactive ketones (excluding diaryl/α,β-unsaturated/α-hetero) is 1. The molecule has 1 saturated heterocycles. The van der Waals surface area contributed by atoms with Crippen LogP contribution in [0.1, 0.15) is 30.0 Å². The van der Waals surface area contributed by atoms with E-state index in [9.17, 15) is 14.4 Å². The van der Waals surface area contributed by atoms with Gasteiger partial charge in [0.2, 0.25) is 5.91 Å². The van der Waals surface area contributed by atoms with Crippen LogP contribution < -0.4 is 5.56 Å². The lowest BCUT2D eigenvalue weighted by Crippen LogP contribution is -2.48. The standard InChI is InChI=1S/C24H26N4O3/c29-20(12-23(31)27-10-9-25-24(27)18-5-2-1-3-6-18)16-26-13-17-11-19(15-26)21-7-4-8-22(30)28(21)14-17/h1-8,17,19H,9-16H2/t17-,19+/m0/s1. The molecule has 3 aliphatic rings. The summed E-state index contributed by atoms with van der Waals surface area (Å²) in [4.78, 5) is 46.0. The molecular weight excluding hydrogens is 392 g/mol. The molecule has 1 aromatic carbocycles. The van der Waals surface area contributed by atoms with Crippen molar-refractivity contribution in [2.24, 2.45) is 10.9 Å². The maximum atomic E-state index is 12.8. The molecule has 7 nitrogen and oxygen atoms in total. The quantitative estimate of drug-likeness (QED) is 0.690. The van der Waals surface area contributed by atoms with Crippen molar-refractivity contribution in [1.29, 1.82) is 0 Å². The first-order valence-corrected chi connectivity index (χ1v) is 10.9. The summed E-state index contributed by atoms with van der Waals surface area (Å²) in [6, 6.07) is 15.1. The zero-order valence-corrected chi connectivity index (χ0v) is 17.4.